The van der Waals surface area contributed by atoms with Crippen LogP contribution >= 0.6 is 11.6 Å². The Bertz CT molecular complexity index is 694. The van der Waals surface area contributed by atoms with Crippen molar-refractivity contribution in [1.82, 2.24) is 20.1 Å². The number of hydrogen-bond donors (Lipinski definition) is 2. The molecule has 0 saturated carbocycles. The lowest BCUT2D eigenvalue weighted by Crippen LogP contribution is -2.18. The quantitative estimate of drug-likeness (QED) is 0.709. The molecule has 0 bridgehead atoms. The topological polar surface area (TPSA) is 45.6 Å². The molecule has 2 aromatic heterocycles. The van der Waals surface area contributed by atoms with Gasteiger partial charge in [-0.15, -0.1) is 0 Å². The van der Waals surface area contributed by atoms with E-state index < -0.39 is 0 Å². The number of halogens is 1. The van der Waals surface area contributed by atoms with Crippen molar-refractivity contribution in [2.75, 3.05) is 6.54 Å². The number of rotatable bonds is 5. The van der Waals surface area contributed by atoms with Gasteiger partial charge in [-0.05, 0) is 24.6 Å². The van der Waals surface area contributed by atoms with Crippen LogP contribution in [0.5, 0.6) is 0 Å². The maximum Gasteiger partial charge on any atom is 0.0831 e. The molecule has 4 nitrogen and oxygen atoms in total. The largest absolute Gasteiger partial charge is 0.361 e. The van der Waals surface area contributed by atoms with Crippen molar-refractivity contribution in [3.8, 4) is 0 Å². The zero-order valence-corrected chi connectivity index (χ0v) is 12.1. The number of benzene rings is 1. The van der Waals surface area contributed by atoms with Crippen molar-refractivity contribution in [2.24, 2.45) is 7.05 Å². The van der Waals surface area contributed by atoms with Crippen LogP contribution in [0.2, 0.25) is 5.02 Å². The van der Waals surface area contributed by atoms with Crippen LogP contribution in [0.3, 0.4) is 0 Å². The van der Waals surface area contributed by atoms with Crippen LogP contribution < -0.4 is 5.32 Å². The number of aromatic amines is 1. The minimum Gasteiger partial charge on any atom is -0.361 e. The van der Waals surface area contributed by atoms with Gasteiger partial charge in [-0.25, -0.2) is 0 Å². The van der Waals surface area contributed by atoms with E-state index in [-0.39, 0.29) is 0 Å². The van der Waals surface area contributed by atoms with Gasteiger partial charge in [-0.3, -0.25) is 4.68 Å². The van der Waals surface area contributed by atoms with Crippen LogP contribution in [0.1, 0.15) is 11.3 Å². The van der Waals surface area contributed by atoms with Gasteiger partial charge in [-0.2, -0.15) is 5.10 Å². The molecule has 0 spiro atoms. The van der Waals surface area contributed by atoms with E-state index in [0.717, 1.165) is 25.2 Å². The number of para-hydroxylation sites is 1. The maximum atomic E-state index is 6.07. The zero-order chi connectivity index (χ0) is 13.9. The van der Waals surface area contributed by atoms with Crippen LogP contribution in [0, 0.1) is 0 Å². The second-order valence-electron chi connectivity index (χ2n) is 4.85. The maximum absolute atomic E-state index is 6.07. The molecule has 5 heteroatoms. The summed E-state index contributed by atoms with van der Waals surface area (Å²) in [6.45, 7) is 1.64. The molecular weight excluding hydrogens is 272 g/mol. The van der Waals surface area contributed by atoms with Crippen molar-refractivity contribution < 1.29 is 0 Å². The zero-order valence-electron chi connectivity index (χ0n) is 11.4. The molecule has 0 radical (unpaired) electrons. The molecule has 1 aromatic carbocycles. The SMILES string of the molecule is Cn1ncc(Cl)c1CNCCc1c[nH]c2ccccc12. The summed E-state index contributed by atoms with van der Waals surface area (Å²) in [6, 6.07) is 8.37. The van der Waals surface area contributed by atoms with Gasteiger partial charge < -0.3 is 10.3 Å². The standard InChI is InChI=1S/C15H17ClN4/c1-20-15(13(16)9-19-20)10-17-7-6-11-8-18-14-5-3-2-4-12(11)14/h2-5,8-9,17-18H,6-7,10H2,1H3. The van der Waals surface area contributed by atoms with Gasteiger partial charge in [-0.1, -0.05) is 29.8 Å². The highest BCUT2D eigenvalue weighted by Crippen LogP contribution is 2.18. The summed E-state index contributed by atoms with van der Waals surface area (Å²) in [7, 11) is 1.91. The van der Waals surface area contributed by atoms with E-state index in [1.165, 1.54) is 16.5 Å². The fourth-order valence-corrected chi connectivity index (χ4v) is 2.64. The number of nitrogens with zero attached hydrogens (tertiary/aromatic N) is 2. The second kappa shape index (κ2) is 5.69. The Labute approximate surface area is 122 Å². The molecular formula is C15H17ClN4. The Hall–Kier alpha value is -1.78. The smallest absolute Gasteiger partial charge is 0.0831 e. The number of fused-ring (bicyclic) bond motifs is 1. The minimum absolute atomic E-state index is 0.715. The molecule has 3 rings (SSSR count). The number of nitrogens with one attached hydrogen (secondary N) is 2. The van der Waals surface area contributed by atoms with Gasteiger partial charge >= 0.3 is 0 Å². The van der Waals surface area contributed by atoms with Crippen molar-refractivity contribution in [2.45, 2.75) is 13.0 Å². The van der Waals surface area contributed by atoms with Gasteiger partial charge in [0.05, 0.1) is 16.9 Å². The first-order chi connectivity index (χ1) is 9.75. The van der Waals surface area contributed by atoms with E-state index in [2.05, 4.69) is 39.8 Å². The minimum atomic E-state index is 0.715. The summed E-state index contributed by atoms with van der Waals surface area (Å²) >= 11 is 6.07. The summed E-state index contributed by atoms with van der Waals surface area (Å²) in [5, 5.41) is 9.55. The molecule has 0 fully saturated rings. The first kappa shape index (κ1) is 13.2. The molecule has 20 heavy (non-hydrogen) atoms. The van der Waals surface area contributed by atoms with Crippen molar-refractivity contribution in [3.63, 3.8) is 0 Å². The van der Waals surface area contributed by atoms with Gasteiger partial charge in [0.15, 0.2) is 0 Å². The normalized spacial score (nSPS) is 11.3. The predicted octanol–water partition coefficient (Wildman–Crippen LogP) is 2.89. The molecule has 104 valence electrons. The average Bonchev–Trinajstić information content (AvgIpc) is 3.01. The van der Waals surface area contributed by atoms with Crippen molar-refractivity contribution in [1.29, 1.82) is 0 Å². The first-order valence-corrected chi connectivity index (χ1v) is 7.05. The van der Waals surface area contributed by atoms with Crippen LogP contribution in [0.4, 0.5) is 0 Å². The molecule has 2 heterocycles. The van der Waals surface area contributed by atoms with Crippen LogP contribution in [-0.4, -0.2) is 21.3 Å². The van der Waals surface area contributed by atoms with E-state index in [1.54, 1.807) is 10.9 Å². The Morgan fingerprint density at radius 2 is 2.20 bits per heavy atom. The Morgan fingerprint density at radius 3 is 3.00 bits per heavy atom. The lowest BCUT2D eigenvalue weighted by atomic mass is 10.1. The molecule has 3 aromatic rings. The predicted molar refractivity (Wildman–Crippen MR) is 81.9 cm³/mol. The Balaban J connectivity index is 1.58. The molecule has 0 amide bonds. The fraction of sp³-hybridized carbons (Fsp3) is 0.267. The highest BCUT2D eigenvalue weighted by atomic mass is 35.5. The summed E-state index contributed by atoms with van der Waals surface area (Å²) in [6.07, 6.45) is 4.75. The number of aromatic nitrogens is 3. The van der Waals surface area contributed by atoms with E-state index in [1.807, 2.05) is 13.1 Å². The lowest BCUT2D eigenvalue weighted by molar-refractivity contribution is 0.626. The summed E-state index contributed by atoms with van der Waals surface area (Å²) < 4.78 is 1.81. The third kappa shape index (κ3) is 2.57. The number of hydrogen-bond acceptors (Lipinski definition) is 2. The average molecular weight is 289 g/mol. The van der Waals surface area contributed by atoms with E-state index in [0.29, 0.717) is 5.02 Å². The molecule has 0 aliphatic carbocycles. The molecule has 2 N–H and O–H groups in total. The fourth-order valence-electron chi connectivity index (χ4n) is 2.40. The highest BCUT2D eigenvalue weighted by Gasteiger charge is 2.06. The Kier molecular flexibility index (Phi) is 3.76. The third-order valence-electron chi connectivity index (χ3n) is 3.55. The summed E-state index contributed by atoms with van der Waals surface area (Å²) in [5.74, 6) is 0. The number of aryl methyl sites for hydroxylation is 1. The highest BCUT2D eigenvalue weighted by molar-refractivity contribution is 6.31. The summed E-state index contributed by atoms with van der Waals surface area (Å²) in [5.41, 5.74) is 3.55. The third-order valence-corrected chi connectivity index (χ3v) is 3.86. The first-order valence-electron chi connectivity index (χ1n) is 6.68. The van der Waals surface area contributed by atoms with Gasteiger partial charge in [0.2, 0.25) is 0 Å². The van der Waals surface area contributed by atoms with Gasteiger partial charge in [0.25, 0.3) is 0 Å². The van der Waals surface area contributed by atoms with Crippen LogP contribution in [-0.2, 0) is 20.0 Å². The van der Waals surface area contributed by atoms with E-state index in [9.17, 15) is 0 Å². The molecule has 0 aliphatic heterocycles. The van der Waals surface area contributed by atoms with E-state index >= 15 is 0 Å². The second-order valence-corrected chi connectivity index (χ2v) is 5.26. The lowest BCUT2D eigenvalue weighted by Gasteiger charge is -2.05. The van der Waals surface area contributed by atoms with E-state index in [4.69, 9.17) is 11.6 Å². The van der Waals surface area contributed by atoms with Crippen LogP contribution in [0.25, 0.3) is 10.9 Å². The van der Waals surface area contributed by atoms with Crippen molar-refractivity contribution >= 4 is 22.5 Å². The molecule has 0 saturated heterocycles. The molecule has 0 aliphatic rings. The monoisotopic (exact) mass is 288 g/mol. The van der Waals surface area contributed by atoms with Gasteiger partial charge in [0.1, 0.15) is 0 Å². The van der Waals surface area contributed by atoms with Crippen LogP contribution in [0.15, 0.2) is 36.7 Å². The Morgan fingerprint density at radius 1 is 1.35 bits per heavy atom. The number of H-pyrrole nitrogens is 1. The molecule has 0 unspecified atom stereocenters. The summed E-state index contributed by atoms with van der Waals surface area (Å²) in [4.78, 5) is 3.30. The molecule has 0 atom stereocenters. The van der Waals surface area contributed by atoms with Crippen molar-refractivity contribution in [3.05, 3.63) is 52.9 Å². The van der Waals surface area contributed by atoms with Gasteiger partial charge in [0, 0.05) is 30.7 Å².